The summed E-state index contributed by atoms with van der Waals surface area (Å²) in [6.45, 7) is 2.99. The average molecular weight is 360 g/mol. The van der Waals surface area contributed by atoms with Gasteiger partial charge in [-0.25, -0.2) is 0 Å². The predicted molar refractivity (Wildman–Crippen MR) is 110 cm³/mol. The van der Waals surface area contributed by atoms with E-state index in [0.29, 0.717) is 18.7 Å². The highest BCUT2D eigenvalue weighted by Crippen LogP contribution is 2.18. The second-order valence-electron chi connectivity index (χ2n) is 6.58. The van der Waals surface area contributed by atoms with Crippen molar-refractivity contribution in [2.75, 3.05) is 16.8 Å². The highest BCUT2D eigenvalue weighted by atomic mass is 16.3. The molecule has 138 valence electrons. The number of benzene rings is 3. The van der Waals surface area contributed by atoms with Crippen LogP contribution in [0.4, 0.5) is 11.4 Å². The van der Waals surface area contributed by atoms with Crippen molar-refractivity contribution >= 4 is 17.3 Å². The summed E-state index contributed by atoms with van der Waals surface area (Å²) in [6, 6.07) is 27.0. The molecule has 0 aromatic heterocycles. The number of nitrogens with one attached hydrogen (secondary N) is 1. The number of carbonyl (C=O) groups is 1. The molecule has 27 heavy (non-hydrogen) atoms. The Morgan fingerprint density at radius 3 is 2.11 bits per heavy atom. The maximum Gasteiger partial charge on any atom is 0.255 e. The lowest BCUT2D eigenvalue weighted by Gasteiger charge is -2.26. The van der Waals surface area contributed by atoms with Gasteiger partial charge in [0.05, 0.1) is 6.10 Å². The number of carbonyl (C=O) groups excluding carboxylic acids is 1. The average Bonchev–Trinajstić information content (AvgIpc) is 2.69. The van der Waals surface area contributed by atoms with Gasteiger partial charge in [0, 0.05) is 30.0 Å². The van der Waals surface area contributed by atoms with Crippen molar-refractivity contribution in [3.8, 4) is 0 Å². The van der Waals surface area contributed by atoms with Crippen molar-refractivity contribution in [2.24, 2.45) is 0 Å². The first-order chi connectivity index (χ1) is 13.1. The highest BCUT2D eigenvalue weighted by molar-refractivity contribution is 6.04. The number of anilines is 2. The van der Waals surface area contributed by atoms with Gasteiger partial charge >= 0.3 is 0 Å². The lowest BCUT2D eigenvalue weighted by Crippen LogP contribution is -2.30. The Labute approximate surface area is 160 Å². The summed E-state index contributed by atoms with van der Waals surface area (Å²) >= 11 is 0. The van der Waals surface area contributed by atoms with Crippen molar-refractivity contribution in [1.29, 1.82) is 0 Å². The molecule has 2 N–H and O–H groups in total. The molecule has 1 amide bonds. The predicted octanol–water partition coefficient (Wildman–Crippen LogP) is 4.33. The van der Waals surface area contributed by atoms with E-state index in [0.717, 1.165) is 16.9 Å². The van der Waals surface area contributed by atoms with E-state index in [9.17, 15) is 9.90 Å². The molecule has 0 aliphatic rings. The van der Waals surface area contributed by atoms with E-state index < -0.39 is 6.10 Å². The van der Waals surface area contributed by atoms with Gasteiger partial charge in [-0.3, -0.25) is 4.79 Å². The van der Waals surface area contributed by atoms with Crippen LogP contribution < -0.4 is 10.2 Å². The van der Waals surface area contributed by atoms with Crippen molar-refractivity contribution in [3.05, 3.63) is 96.1 Å². The number of amides is 1. The zero-order valence-electron chi connectivity index (χ0n) is 15.4. The van der Waals surface area contributed by atoms with Crippen molar-refractivity contribution in [2.45, 2.75) is 19.6 Å². The fourth-order valence-corrected chi connectivity index (χ4v) is 2.93. The van der Waals surface area contributed by atoms with Gasteiger partial charge in [-0.1, -0.05) is 48.5 Å². The van der Waals surface area contributed by atoms with Crippen LogP contribution in [0.3, 0.4) is 0 Å². The molecule has 1 unspecified atom stereocenters. The lowest BCUT2D eigenvalue weighted by molar-refractivity contribution is 0.102. The Kier molecular flexibility index (Phi) is 6.23. The monoisotopic (exact) mass is 360 g/mol. The third kappa shape index (κ3) is 5.43. The zero-order chi connectivity index (χ0) is 19.1. The number of aliphatic hydroxyl groups excluding tert-OH is 1. The van der Waals surface area contributed by atoms with Crippen molar-refractivity contribution in [3.63, 3.8) is 0 Å². The normalized spacial score (nSPS) is 11.6. The Morgan fingerprint density at radius 1 is 0.926 bits per heavy atom. The van der Waals surface area contributed by atoms with Gasteiger partial charge in [0.2, 0.25) is 0 Å². The van der Waals surface area contributed by atoms with E-state index >= 15 is 0 Å². The van der Waals surface area contributed by atoms with Gasteiger partial charge < -0.3 is 15.3 Å². The molecule has 0 heterocycles. The molecule has 0 aliphatic carbocycles. The van der Waals surface area contributed by atoms with E-state index in [1.54, 1.807) is 6.92 Å². The van der Waals surface area contributed by atoms with Crippen LogP contribution >= 0.6 is 0 Å². The maximum absolute atomic E-state index is 12.4. The molecule has 0 saturated heterocycles. The molecule has 1 atom stereocenters. The standard InChI is InChI=1S/C23H24N2O2/c1-18(26)16-25(22-10-6-3-7-11-22)17-19-12-14-20(15-13-19)23(27)24-21-8-4-2-5-9-21/h2-15,18,26H,16-17H2,1H3,(H,24,27). The highest BCUT2D eigenvalue weighted by Gasteiger charge is 2.11. The van der Waals surface area contributed by atoms with E-state index in [4.69, 9.17) is 0 Å². The second kappa shape index (κ2) is 9.01. The van der Waals surface area contributed by atoms with Gasteiger partial charge in [0.1, 0.15) is 0 Å². The van der Waals surface area contributed by atoms with Gasteiger partial charge in [-0.05, 0) is 48.9 Å². The topological polar surface area (TPSA) is 52.6 Å². The molecule has 0 saturated carbocycles. The summed E-state index contributed by atoms with van der Waals surface area (Å²) in [4.78, 5) is 14.5. The van der Waals surface area contributed by atoms with Crippen LogP contribution in [0.1, 0.15) is 22.8 Å². The van der Waals surface area contributed by atoms with Crippen LogP contribution in [0, 0.1) is 0 Å². The Hall–Kier alpha value is -3.11. The van der Waals surface area contributed by atoms with Crippen LogP contribution in [-0.4, -0.2) is 23.7 Å². The van der Waals surface area contributed by atoms with Crippen molar-refractivity contribution in [1.82, 2.24) is 0 Å². The van der Waals surface area contributed by atoms with E-state index in [-0.39, 0.29) is 5.91 Å². The van der Waals surface area contributed by atoms with Gasteiger partial charge in [0.15, 0.2) is 0 Å². The molecule has 3 rings (SSSR count). The molecule has 4 nitrogen and oxygen atoms in total. The van der Waals surface area contributed by atoms with Gasteiger partial charge in [-0.2, -0.15) is 0 Å². The maximum atomic E-state index is 12.4. The third-order valence-electron chi connectivity index (χ3n) is 4.23. The Balaban J connectivity index is 1.69. The summed E-state index contributed by atoms with van der Waals surface area (Å²) in [5, 5.41) is 12.7. The molecule has 0 radical (unpaired) electrons. The van der Waals surface area contributed by atoms with E-state index in [2.05, 4.69) is 10.2 Å². The number of hydrogen-bond acceptors (Lipinski definition) is 3. The van der Waals surface area contributed by atoms with Gasteiger partial charge in [-0.15, -0.1) is 0 Å². The summed E-state index contributed by atoms with van der Waals surface area (Å²) in [6.07, 6.45) is -0.430. The SMILES string of the molecule is CC(O)CN(Cc1ccc(C(=O)Nc2ccccc2)cc1)c1ccccc1. The second-order valence-corrected chi connectivity index (χ2v) is 6.58. The molecule has 0 aliphatic heterocycles. The summed E-state index contributed by atoms with van der Waals surface area (Å²) in [5.41, 5.74) is 3.53. The molecule has 0 spiro atoms. The minimum atomic E-state index is -0.430. The molecule has 4 heteroatoms. The summed E-state index contributed by atoms with van der Waals surface area (Å²) < 4.78 is 0. The van der Waals surface area contributed by atoms with Gasteiger partial charge in [0.25, 0.3) is 5.91 Å². The van der Waals surface area contributed by atoms with Crippen LogP contribution in [-0.2, 0) is 6.54 Å². The molecule has 3 aromatic carbocycles. The minimum Gasteiger partial charge on any atom is -0.392 e. The zero-order valence-corrected chi connectivity index (χ0v) is 15.4. The molecular formula is C23H24N2O2. The van der Waals surface area contributed by atoms with E-state index in [1.807, 2.05) is 84.9 Å². The lowest BCUT2D eigenvalue weighted by atomic mass is 10.1. The smallest absolute Gasteiger partial charge is 0.255 e. The summed E-state index contributed by atoms with van der Waals surface area (Å²) in [7, 11) is 0. The minimum absolute atomic E-state index is 0.128. The first-order valence-electron chi connectivity index (χ1n) is 9.05. The largest absolute Gasteiger partial charge is 0.392 e. The van der Waals surface area contributed by atoms with Crippen LogP contribution in [0.5, 0.6) is 0 Å². The Bertz CT molecular complexity index is 847. The van der Waals surface area contributed by atoms with E-state index in [1.165, 1.54) is 0 Å². The third-order valence-corrected chi connectivity index (χ3v) is 4.23. The number of hydrogen-bond donors (Lipinski definition) is 2. The molecule has 0 fully saturated rings. The Morgan fingerprint density at radius 2 is 1.52 bits per heavy atom. The quantitative estimate of drug-likeness (QED) is 0.659. The van der Waals surface area contributed by atoms with Crippen molar-refractivity contribution < 1.29 is 9.90 Å². The number of nitrogens with zero attached hydrogens (tertiary/aromatic N) is 1. The van der Waals surface area contributed by atoms with Crippen LogP contribution in [0.25, 0.3) is 0 Å². The molecular weight excluding hydrogens is 336 g/mol. The van der Waals surface area contributed by atoms with Crippen LogP contribution in [0.15, 0.2) is 84.9 Å². The fraction of sp³-hybridized carbons (Fsp3) is 0.174. The first-order valence-corrected chi connectivity index (χ1v) is 9.05. The first kappa shape index (κ1) is 18.7. The van der Waals surface area contributed by atoms with Crippen LogP contribution in [0.2, 0.25) is 0 Å². The fourth-order valence-electron chi connectivity index (χ4n) is 2.93. The number of aliphatic hydroxyl groups is 1. The number of rotatable bonds is 7. The summed E-state index contributed by atoms with van der Waals surface area (Å²) in [5.74, 6) is -0.128. The molecule has 3 aromatic rings. The molecule has 0 bridgehead atoms. The number of para-hydroxylation sites is 2.